The number of halogens is 2. The summed E-state index contributed by atoms with van der Waals surface area (Å²) in [4.78, 5) is 12.4. The van der Waals surface area contributed by atoms with Gasteiger partial charge in [0.05, 0.1) is 5.69 Å². The van der Waals surface area contributed by atoms with Crippen LogP contribution < -0.4 is 5.32 Å². The summed E-state index contributed by atoms with van der Waals surface area (Å²) in [5.41, 5.74) is 7.01. The molecular weight excluding hydrogens is 406 g/mol. The van der Waals surface area contributed by atoms with E-state index >= 15 is 0 Å². The van der Waals surface area contributed by atoms with Crippen molar-refractivity contribution in [2.75, 3.05) is 5.32 Å². The molecular formula is C18H15Br2NO. The number of hydrogen-bond acceptors (Lipinski definition) is 1. The number of anilines is 1. The van der Waals surface area contributed by atoms with E-state index in [1.165, 1.54) is 5.56 Å². The van der Waals surface area contributed by atoms with Gasteiger partial charge in [-0.25, -0.2) is 0 Å². The SMILES string of the molecule is Cc1ccc(C)c(C=C2C(=O)Nc3c(Br)cc(Br)c(C)c32)c1. The first-order chi connectivity index (χ1) is 10.4. The van der Waals surface area contributed by atoms with Crippen molar-refractivity contribution in [2.45, 2.75) is 20.8 Å². The van der Waals surface area contributed by atoms with Crippen molar-refractivity contribution in [2.24, 2.45) is 0 Å². The fraction of sp³-hybridized carbons (Fsp3) is 0.167. The van der Waals surface area contributed by atoms with Crippen LogP contribution in [0.4, 0.5) is 5.69 Å². The average Bonchev–Trinajstić information content (AvgIpc) is 2.78. The summed E-state index contributed by atoms with van der Waals surface area (Å²) in [5.74, 6) is -0.0576. The molecule has 22 heavy (non-hydrogen) atoms. The van der Waals surface area contributed by atoms with Gasteiger partial charge < -0.3 is 5.32 Å². The van der Waals surface area contributed by atoms with Crippen LogP contribution in [0.15, 0.2) is 33.2 Å². The predicted molar refractivity (Wildman–Crippen MR) is 99.0 cm³/mol. The van der Waals surface area contributed by atoms with E-state index in [4.69, 9.17) is 0 Å². The molecule has 0 aliphatic carbocycles. The number of fused-ring (bicyclic) bond motifs is 1. The van der Waals surface area contributed by atoms with E-state index in [0.717, 1.165) is 36.9 Å². The van der Waals surface area contributed by atoms with Gasteiger partial charge in [0.1, 0.15) is 0 Å². The predicted octanol–water partition coefficient (Wildman–Crippen LogP) is 5.63. The molecule has 0 fully saturated rings. The van der Waals surface area contributed by atoms with Crippen molar-refractivity contribution in [3.8, 4) is 0 Å². The highest BCUT2D eigenvalue weighted by molar-refractivity contribution is 9.11. The molecule has 2 aromatic rings. The summed E-state index contributed by atoms with van der Waals surface area (Å²) < 4.78 is 1.87. The van der Waals surface area contributed by atoms with Gasteiger partial charge in [0.15, 0.2) is 0 Å². The van der Waals surface area contributed by atoms with Crippen LogP contribution >= 0.6 is 31.9 Å². The van der Waals surface area contributed by atoms with Gasteiger partial charge in [0.2, 0.25) is 0 Å². The number of carbonyl (C=O) groups excluding carboxylic acids is 1. The highest BCUT2D eigenvalue weighted by Gasteiger charge is 2.29. The third-order valence-electron chi connectivity index (χ3n) is 3.96. The van der Waals surface area contributed by atoms with Crippen LogP contribution in [0.1, 0.15) is 27.8 Å². The summed E-state index contributed by atoms with van der Waals surface area (Å²) in [6.07, 6.45) is 1.98. The molecule has 0 saturated carbocycles. The molecule has 0 atom stereocenters. The van der Waals surface area contributed by atoms with Gasteiger partial charge in [-0.2, -0.15) is 0 Å². The first-order valence-corrected chi connectivity index (χ1v) is 8.56. The van der Waals surface area contributed by atoms with Gasteiger partial charge >= 0.3 is 0 Å². The Labute approximate surface area is 146 Å². The molecule has 2 aromatic carbocycles. The Hall–Kier alpha value is -1.39. The molecule has 0 saturated heterocycles. The minimum atomic E-state index is -0.0576. The number of amides is 1. The normalized spacial score (nSPS) is 15.1. The zero-order chi connectivity index (χ0) is 16.0. The van der Waals surface area contributed by atoms with Crippen LogP contribution in [0, 0.1) is 20.8 Å². The largest absolute Gasteiger partial charge is 0.320 e. The second-order valence-electron chi connectivity index (χ2n) is 5.59. The van der Waals surface area contributed by atoms with Crippen molar-refractivity contribution < 1.29 is 4.79 Å². The van der Waals surface area contributed by atoms with Gasteiger partial charge in [-0.05, 0) is 65.5 Å². The number of hydrogen-bond donors (Lipinski definition) is 1. The number of rotatable bonds is 1. The maximum atomic E-state index is 12.4. The van der Waals surface area contributed by atoms with Gasteiger partial charge in [-0.1, -0.05) is 39.7 Å². The summed E-state index contributed by atoms with van der Waals surface area (Å²) in [7, 11) is 0. The molecule has 4 heteroatoms. The van der Waals surface area contributed by atoms with Gasteiger partial charge in [-0.15, -0.1) is 0 Å². The van der Waals surface area contributed by atoms with E-state index in [9.17, 15) is 4.79 Å². The van der Waals surface area contributed by atoms with Crippen LogP contribution in [0.2, 0.25) is 0 Å². The lowest BCUT2D eigenvalue weighted by Crippen LogP contribution is -2.04. The van der Waals surface area contributed by atoms with Crippen LogP contribution in [0.3, 0.4) is 0 Å². The fourth-order valence-corrected chi connectivity index (χ4v) is 3.94. The van der Waals surface area contributed by atoms with Crippen molar-refractivity contribution in [3.63, 3.8) is 0 Å². The molecule has 1 aliphatic rings. The molecule has 112 valence electrons. The molecule has 1 amide bonds. The van der Waals surface area contributed by atoms with E-state index in [1.54, 1.807) is 0 Å². The molecule has 0 unspecified atom stereocenters. The maximum Gasteiger partial charge on any atom is 0.256 e. The van der Waals surface area contributed by atoms with Gasteiger partial charge in [-0.3, -0.25) is 4.79 Å². The Kier molecular flexibility index (Phi) is 4.00. The zero-order valence-electron chi connectivity index (χ0n) is 12.6. The molecule has 1 aliphatic heterocycles. The quantitative estimate of drug-likeness (QED) is 0.595. The summed E-state index contributed by atoms with van der Waals surface area (Å²) >= 11 is 7.09. The molecule has 0 bridgehead atoms. The first kappa shape index (κ1) is 15.5. The van der Waals surface area contributed by atoms with Crippen LogP contribution in [0.25, 0.3) is 11.6 Å². The highest BCUT2D eigenvalue weighted by Crippen LogP contribution is 2.43. The van der Waals surface area contributed by atoms with E-state index in [2.05, 4.69) is 69.2 Å². The number of benzene rings is 2. The van der Waals surface area contributed by atoms with E-state index in [0.29, 0.717) is 5.57 Å². The second-order valence-corrected chi connectivity index (χ2v) is 7.30. The standard InChI is InChI=1S/C18H15Br2NO/c1-9-4-5-10(2)12(6-9)7-13-16-11(3)14(19)8-15(20)17(16)21-18(13)22/h4-8H,1-3H3,(H,21,22). The molecule has 0 spiro atoms. The van der Waals surface area contributed by atoms with E-state index in [1.807, 2.05) is 19.1 Å². The molecule has 3 rings (SSSR count). The number of aryl methyl sites for hydroxylation is 2. The minimum Gasteiger partial charge on any atom is -0.320 e. The van der Waals surface area contributed by atoms with Crippen LogP contribution in [-0.2, 0) is 4.79 Å². The topological polar surface area (TPSA) is 29.1 Å². The summed E-state index contributed by atoms with van der Waals surface area (Å²) in [5, 5.41) is 2.96. The van der Waals surface area contributed by atoms with Gasteiger partial charge in [0, 0.05) is 20.1 Å². The Bertz CT molecular complexity index is 837. The van der Waals surface area contributed by atoms with Crippen LogP contribution in [-0.4, -0.2) is 5.91 Å². The molecule has 0 radical (unpaired) electrons. The van der Waals surface area contributed by atoms with E-state index in [-0.39, 0.29) is 5.91 Å². The van der Waals surface area contributed by atoms with Crippen molar-refractivity contribution in [3.05, 3.63) is 61.0 Å². The van der Waals surface area contributed by atoms with Crippen LogP contribution in [0.5, 0.6) is 0 Å². The van der Waals surface area contributed by atoms with Crippen molar-refractivity contribution in [1.82, 2.24) is 0 Å². The third kappa shape index (κ3) is 2.55. The summed E-state index contributed by atoms with van der Waals surface area (Å²) in [6.45, 7) is 6.14. The summed E-state index contributed by atoms with van der Waals surface area (Å²) in [6, 6.07) is 8.24. The lowest BCUT2D eigenvalue weighted by atomic mass is 9.97. The lowest BCUT2D eigenvalue weighted by Gasteiger charge is -2.09. The number of carbonyl (C=O) groups is 1. The molecule has 2 nitrogen and oxygen atoms in total. The van der Waals surface area contributed by atoms with Gasteiger partial charge in [0.25, 0.3) is 5.91 Å². The second kappa shape index (κ2) is 5.67. The fourth-order valence-electron chi connectivity index (χ4n) is 2.68. The van der Waals surface area contributed by atoms with E-state index < -0.39 is 0 Å². The first-order valence-electron chi connectivity index (χ1n) is 6.97. The third-order valence-corrected chi connectivity index (χ3v) is 5.41. The lowest BCUT2D eigenvalue weighted by molar-refractivity contribution is -0.110. The zero-order valence-corrected chi connectivity index (χ0v) is 15.7. The number of nitrogens with one attached hydrogen (secondary N) is 1. The Morgan fingerprint density at radius 2 is 1.77 bits per heavy atom. The van der Waals surface area contributed by atoms with Crippen molar-refractivity contribution in [1.29, 1.82) is 0 Å². The average molecular weight is 421 g/mol. The maximum absolute atomic E-state index is 12.4. The van der Waals surface area contributed by atoms with Crippen molar-refractivity contribution >= 4 is 55.1 Å². The smallest absolute Gasteiger partial charge is 0.256 e. The monoisotopic (exact) mass is 419 g/mol. The molecule has 0 aromatic heterocycles. The Morgan fingerprint density at radius 1 is 1.05 bits per heavy atom. The molecule has 1 N–H and O–H groups in total. The highest BCUT2D eigenvalue weighted by atomic mass is 79.9. The molecule has 1 heterocycles. The Balaban J connectivity index is 2.25. The minimum absolute atomic E-state index is 0.0576. The Morgan fingerprint density at radius 3 is 2.50 bits per heavy atom.